The molecule has 6 nitrogen and oxygen atoms in total. The summed E-state index contributed by atoms with van der Waals surface area (Å²) < 4.78 is 3.23. The maximum Gasteiger partial charge on any atom is 0.256 e. The van der Waals surface area contributed by atoms with E-state index in [2.05, 4.69) is 42.6 Å². The lowest BCUT2D eigenvalue weighted by Crippen LogP contribution is -2.29. The van der Waals surface area contributed by atoms with Crippen molar-refractivity contribution >= 4 is 41.6 Å². The number of aryl methyl sites for hydroxylation is 1. The van der Waals surface area contributed by atoms with Gasteiger partial charge in [-0.2, -0.15) is 0 Å². The summed E-state index contributed by atoms with van der Waals surface area (Å²) in [5, 5.41) is 9.96. The lowest BCUT2D eigenvalue weighted by Gasteiger charge is -2.20. The quantitative estimate of drug-likeness (QED) is 0.206. The van der Waals surface area contributed by atoms with Crippen molar-refractivity contribution < 1.29 is 14.7 Å². The van der Waals surface area contributed by atoms with E-state index in [1.807, 2.05) is 12.1 Å². The van der Waals surface area contributed by atoms with Crippen LogP contribution in [0.5, 0.6) is 5.75 Å². The number of hydrogen-bond donors (Lipinski definition) is 2. The second-order valence-electron chi connectivity index (χ2n) is 8.68. The summed E-state index contributed by atoms with van der Waals surface area (Å²) >= 11 is 7.39. The van der Waals surface area contributed by atoms with Crippen LogP contribution in [0.25, 0.3) is 0 Å². The maximum atomic E-state index is 13.2. The zero-order chi connectivity index (χ0) is 25.5. The number of pyridine rings is 1. The number of nitrogens with zero attached hydrogens (tertiary/aromatic N) is 2. The van der Waals surface area contributed by atoms with Crippen LogP contribution < -0.4 is 9.62 Å². The number of nitrogens with one attached hydrogen (secondary N) is 1. The van der Waals surface area contributed by atoms with Crippen molar-refractivity contribution in [3.63, 3.8) is 0 Å². The fourth-order valence-corrected chi connectivity index (χ4v) is 3.69. The van der Waals surface area contributed by atoms with Crippen LogP contribution in [0.4, 0.5) is 5.82 Å². The first-order chi connectivity index (χ1) is 15.9. The van der Waals surface area contributed by atoms with E-state index >= 15 is 0 Å². The second-order valence-corrected chi connectivity index (χ2v) is 9.99. The van der Waals surface area contributed by atoms with Crippen molar-refractivity contribution in [1.82, 2.24) is 9.71 Å². The Kier molecular flexibility index (Phi) is 9.53. The topological polar surface area (TPSA) is 82.5 Å². The Hall–Kier alpha value is -3.03. The van der Waals surface area contributed by atoms with Crippen LogP contribution in [0.2, 0.25) is 0 Å². The van der Waals surface area contributed by atoms with Gasteiger partial charge in [-0.1, -0.05) is 44.5 Å². The van der Waals surface area contributed by atoms with Gasteiger partial charge in [0, 0.05) is 22.5 Å². The largest absolute Gasteiger partial charge is 0.506 e. The molecule has 0 saturated carbocycles. The third-order valence-corrected chi connectivity index (χ3v) is 6.13. The minimum absolute atomic E-state index is 0.0559. The number of aromatic nitrogens is 1. The fraction of sp³-hybridized carbons (Fsp3) is 0.269. The van der Waals surface area contributed by atoms with E-state index in [0.29, 0.717) is 29.1 Å². The van der Waals surface area contributed by atoms with E-state index in [-0.39, 0.29) is 22.1 Å². The first-order valence-electron chi connectivity index (χ1n) is 10.6. The standard InChI is InChI=1S/C26H30ClN3O3S/c1-17(25(33)30(6)24-14-13-23(32)18(2)28-24)22(12-9-20(27)15-16-31)29-34-21-10-7-19(8-11-21)26(3,4)5/h7-16,29,32H,1-6H3/b12-9-,20-15-,22-17-. The van der Waals surface area contributed by atoms with Crippen molar-refractivity contribution in [3.05, 3.63) is 82.2 Å². The Labute approximate surface area is 210 Å². The van der Waals surface area contributed by atoms with E-state index in [1.54, 1.807) is 39.1 Å². The Bertz CT molecular complexity index is 1130. The van der Waals surface area contributed by atoms with Gasteiger partial charge in [0.15, 0.2) is 0 Å². The lowest BCUT2D eigenvalue weighted by atomic mass is 9.87. The molecule has 0 spiro atoms. The molecule has 0 bridgehead atoms. The zero-order valence-electron chi connectivity index (χ0n) is 20.2. The summed E-state index contributed by atoms with van der Waals surface area (Å²) in [5.41, 5.74) is 2.65. The van der Waals surface area contributed by atoms with Gasteiger partial charge in [0.2, 0.25) is 0 Å². The second kappa shape index (κ2) is 11.9. The lowest BCUT2D eigenvalue weighted by molar-refractivity contribution is -0.115. The van der Waals surface area contributed by atoms with Gasteiger partial charge in [0.1, 0.15) is 17.9 Å². The summed E-state index contributed by atoms with van der Waals surface area (Å²) in [7, 11) is 1.61. The highest BCUT2D eigenvalue weighted by atomic mass is 35.5. The van der Waals surface area contributed by atoms with Gasteiger partial charge < -0.3 is 9.83 Å². The van der Waals surface area contributed by atoms with Crippen molar-refractivity contribution in [1.29, 1.82) is 0 Å². The average Bonchev–Trinajstić information content (AvgIpc) is 2.79. The molecule has 0 radical (unpaired) electrons. The van der Waals surface area contributed by atoms with Crippen LogP contribution in [0, 0.1) is 6.92 Å². The van der Waals surface area contributed by atoms with Gasteiger partial charge in [-0.25, -0.2) is 4.98 Å². The predicted octanol–water partition coefficient (Wildman–Crippen LogP) is 5.80. The highest BCUT2D eigenvalue weighted by Crippen LogP contribution is 2.26. The maximum absolute atomic E-state index is 13.2. The molecule has 180 valence electrons. The molecule has 0 fully saturated rings. The van der Waals surface area contributed by atoms with E-state index in [4.69, 9.17) is 11.6 Å². The van der Waals surface area contributed by atoms with Crippen LogP contribution in [0.1, 0.15) is 39.0 Å². The number of allylic oxidation sites excluding steroid dienone is 4. The Morgan fingerprint density at radius 2 is 1.79 bits per heavy atom. The number of aldehydes is 1. The van der Waals surface area contributed by atoms with Crippen LogP contribution in [-0.4, -0.2) is 29.3 Å². The summed E-state index contributed by atoms with van der Waals surface area (Å²) in [5.74, 6) is 0.184. The SMILES string of the molecule is C\C(C(=O)N(C)c1ccc(O)c(C)n1)=C(/C=C\C(Cl)=C\C=O)NSc1ccc(C(C)(C)C)cc1. The zero-order valence-corrected chi connectivity index (χ0v) is 21.8. The van der Waals surface area contributed by atoms with Crippen LogP contribution in [0.3, 0.4) is 0 Å². The molecule has 0 aliphatic rings. The molecular formula is C26H30ClN3O3S. The molecule has 0 aliphatic heterocycles. The number of anilines is 1. The van der Waals surface area contributed by atoms with Crippen LogP contribution in [-0.2, 0) is 15.0 Å². The number of amides is 1. The van der Waals surface area contributed by atoms with E-state index in [1.165, 1.54) is 34.6 Å². The van der Waals surface area contributed by atoms with Crippen molar-refractivity contribution in [2.45, 2.75) is 44.9 Å². The molecule has 0 saturated heterocycles. The van der Waals surface area contributed by atoms with Crippen molar-refractivity contribution in [3.8, 4) is 5.75 Å². The van der Waals surface area contributed by atoms with Gasteiger partial charge >= 0.3 is 0 Å². The fourth-order valence-electron chi connectivity index (χ4n) is 2.85. The molecule has 2 aromatic rings. The summed E-state index contributed by atoms with van der Waals surface area (Å²) in [6.45, 7) is 9.83. The molecular weight excluding hydrogens is 470 g/mol. The summed E-state index contributed by atoms with van der Waals surface area (Å²) in [4.78, 5) is 30.5. The molecule has 1 heterocycles. The number of likely N-dealkylation sites (N-methyl/N-ethyl adjacent to an activating group) is 1. The summed E-state index contributed by atoms with van der Waals surface area (Å²) in [6, 6.07) is 11.3. The van der Waals surface area contributed by atoms with E-state index in [0.717, 1.165) is 4.90 Å². The van der Waals surface area contributed by atoms with Gasteiger partial charge in [0.25, 0.3) is 5.91 Å². The highest BCUT2D eigenvalue weighted by molar-refractivity contribution is 7.97. The minimum atomic E-state index is -0.288. The van der Waals surface area contributed by atoms with Crippen molar-refractivity contribution in [2.75, 3.05) is 11.9 Å². The Morgan fingerprint density at radius 1 is 1.15 bits per heavy atom. The van der Waals surface area contributed by atoms with Gasteiger partial charge in [0.05, 0.1) is 11.4 Å². The first kappa shape index (κ1) is 27.2. The minimum Gasteiger partial charge on any atom is -0.506 e. The Balaban J connectivity index is 2.33. The molecule has 1 aromatic heterocycles. The van der Waals surface area contributed by atoms with E-state index in [9.17, 15) is 14.7 Å². The molecule has 0 unspecified atom stereocenters. The molecule has 34 heavy (non-hydrogen) atoms. The average molecular weight is 500 g/mol. The first-order valence-corrected chi connectivity index (χ1v) is 11.8. The molecule has 0 atom stereocenters. The number of carbonyl (C=O) groups excluding carboxylic acids is 2. The number of hydrogen-bond acceptors (Lipinski definition) is 6. The van der Waals surface area contributed by atoms with Crippen molar-refractivity contribution in [2.24, 2.45) is 0 Å². The third-order valence-electron chi connectivity index (χ3n) is 5.05. The van der Waals surface area contributed by atoms with Gasteiger partial charge in [-0.3, -0.25) is 14.5 Å². The normalized spacial score (nSPS) is 13.0. The number of benzene rings is 1. The molecule has 8 heteroatoms. The van der Waals surface area contributed by atoms with E-state index < -0.39 is 0 Å². The van der Waals surface area contributed by atoms with Crippen LogP contribution in [0.15, 0.2) is 75.8 Å². The summed E-state index contributed by atoms with van der Waals surface area (Å²) in [6.07, 6.45) is 5.01. The number of halogens is 1. The number of rotatable bonds is 8. The van der Waals surface area contributed by atoms with Gasteiger partial charge in [-0.15, -0.1) is 0 Å². The smallest absolute Gasteiger partial charge is 0.256 e. The monoisotopic (exact) mass is 499 g/mol. The molecule has 1 aromatic carbocycles. The predicted molar refractivity (Wildman–Crippen MR) is 140 cm³/mol. The van der Waals surface area contributed by atoms with Crippen LogP contribution >= 0.6 is 23.5 Å². The highest BCUT2D eigenvalue weighted by Gasteiger charge is 2.18. The molecule has 2 N–H and O–H groups in total. The Morgan fingerprint density at radius 3 is 2.35 bits per heavy atom. The third kappa shape index (κ3) is 7.50. The van der Waals surface area contributed by atoms with Gasteiger partial charge in [-0.05, 0) is 79.3 Å². The molecule has 0 aliphatic carbocycles. The number of carbonyl (C=O) groups is 2. The molecule has 2 rings (SSSR count). The molecule has 1 amide bonds. The number of aromatic hydroxyl groups is 1.